The lowest BCUT2D eigenvalue weighted by molar-refractivity contribution is 0.0827. The lowest BCUT2D eigenvalue weighted by Crippen LogP contribution is -2.21. The van der Waals surface area contributed by atoms with Gasteiger partial charge in [-0.15, -0.1) is 11.3 Å². The fourth-order valence-corrected chi connectivity index (χ4v) is 2.93. The molecule has 0 atom stereocenters. The molecule has 19 heavy (non-hydrogen) atoms. The van der Waals surface area contributed by atoms with Crippen molar-refractivity contribution in [3.05, 3.63) is 44.7 Å². The molecular formula is C13H14BrN3OS. The number of nitrogens with zero attached hydrogens (tertiary/aromatic N) is 2. The summed E-state index contributed by atoms with van der Waals surface area (Å²) < 4.78 is 1.11. The van der Waals surface area contributed by atoms with Crippen LogP contribution in [-0.2, 0) is 6.54 Å². The maximum Gasteiger partial charge on any atom is 0.254 e. The van der Waals surface area contributed by atoms with Crippen LogP contribution >= 0.6 is 27.3 Å². The van der Waals surface area contributed by atoms with Gasteiger partial charge >= 0.3 is 0 Å². The van der Waals surface area contributed by atoms with Gasteiger partial charge in [0.15, 0.2) is 0 Å². The fraction of sp³-hybridized carbons (Fsp3) is 0.231. The van der Waals surface area contributed by atoms with Crippen molar-refractivity contribution in [2.45, 2.75) is 6.54 Å². The first kappa shape index (κ1) is 14.0. The number of aromatic nitrogens is 1. The highest BCUT2D eigenvalue weighted by Gasteiger charge is 2.07. The predicted octanol–water partition coefficient (Wildman–Crippen LogP) is 3.22. The number of anilines is 1. The molecule has 2 heterocycles. The third-order valence-corrected chi connectivity index (χ3v) is 4.11. The van der Waals surface area contributed by atoms with E-state index in [0.717, 1.165) is 16.1 Å². The van der Waals surface area contributed by atoms with E-state index >= 15 is 0 Å². The molecule has 0 spiro atoms. The van der Waals surface area contributed by atoms with Crippen LogP contribution in [0.25, 0.3) is 0 Å². The molecule has 2 aromatic rings. The van der Waals surface area contributed by atoms with E-state index in [-0.39, 0.29) is 5.91 Å². The Labute approximate surface area is 124 Å². The molecule has 0 saturated carbocycles. The third kappa shape index (κ3) is 3.78. The minimum absolute atomic E-state index is 0.0405. The number of carbonyl (C=O) groups is 1. The average molecular weight is 340 g/mol. The first-order valence-corrected chi connectivity index (χ1v) is 7.33. The van der Waals surface area contributed by atoms with Crippen molar-refractivity contribution in [2.75, 3.05) is 19.4 Å². The number of halogens is 1. The smallest absolute Gasteiger partial charge is 0.254 e. The van der Waals surface area contributed by atoms with Gasteiger partial charge in [0, 0.05) is 25.2 Å². The van der Waals surface area contributed by atoms with Crippen molar-refractivity contribution in [3.8, 4) is 0 Å². The lowest BCUT2D eigenvalue weighted by Gasteiger charge is -2.10. The molecular weight excluding hydrogens is 326 g/mol. The summed E-state index contributed by atoms with van der Waals surface area (Å²) in [6, 6.07) is 7.68. The number of carbonyl (C=O) groups excluding carboxylic acids is 1. The van der Waals surface area contributed by atoms with Gasteiger partial charge in [0.2, 0.25) is 0 Å². The van der Waals surface area contributed by atoms with Crippen LogP contribution in [0.1, 0.15) is 15.2 Å². The monoisotopic (exact) mass is 339 g/mol. The van der Waals surface area contributed by atoms with Gasteiger partial charge in [0.1, 0.15) is 5.82 Å². The molecule has 6 heteroatoms. The first-order valence-electron chi connectivity index (χ1n) is 5.72. The molecule has 0 bridgehead atoms. The van der Waals surface area contributed by atoms with Gasteiger partial charge in [-0.3, -0.25) is 4.79 Å². The van der Waals surface area contributed by atoms with E-state index in [1.165, 1.54) is 9.78 Å². The molecule has 2 aromatic heterocycles. The number of amides is 1. The second kappa shape index (κ2) is 6.16. The molecule has 1 amide bonds. The topological polar surface area (TPSA) is 45.2 Å². The van der Waals surface area contributed by atoms with Crippen LogP contribution in [0, 0.1) is 0 Å². The van der Waals surface area contributed by atoms with Crippen LogP contribution in [0.2, 0.25) is 0 Å². The summed E-state index contributed by atoms with van der Waals surface area (Å²) >= 11 is 5.11. The number of nitrogens with one attached hydrogen (secondary N) is 1. The molecule has 0 unspecified atom stereocenters. The molecule has 0 aliphatic heterocycles. The van der Waals surface area contributed by atoms with Gasteiger partial charge in [-0.05, 0) is 40.2 Å². The van der Waals surface area contributed by atoms with E-state index in [4.69, 9.17) is 0 Å². The summed E-state index contributed by atoms with van der Waals surface area (Å²) in [5.74, 6) is 0.723. The Morgan fingerprint density at radius 3 is 2.68 bits per heavy atom. The van der Waals surface area contributed by atoms with E-state index in [1.54, 1.807) is 37.7 Å². The highest BCUT2D eigenvalue weighted by molar-refractivity contribution is 9.11. The average Bonchev–Trinajstić information content (AvgIpc) is 2.82. The van der Waals surface area contributed by atoms with E-state index in [2.05, 4.69) is 32.3 Å². The number of thiophene rings is 1. The Hall–Kier alpha value is -1.40. The molecule has 0 saturated heterocycles. The van der Waals surface area contributed by atoms with Crippen molar-refractivity contribution >= 4 is 39.0 Å². The van der Waals surface area contributed by atoms with Crippen LogP contribution in [0.4, 0.5) is 5.82 Å². The van der Waals surface area contributed by atoms with E-state index < -0.39 is 0 Å². The number of hydrogen-bond donors (Lipinski definition) is 1. The van der Waals surface area contributed by atoms with Gasteiger partial charge < -0.3 is 10.2 Å². The van der Waals surface area contributed by atoms with Crippen LogP contribution in [0.5, 0.6) is 0 Å². The zero-order valence-corrected chi connectivity index (χ0v) is 13.1. The third-order valence-electron chi connectivity index (χ3n) is 2.49. The molecule has 1 N–H and O–H groups in total. The maximum absolute atomic E-state index is 11.7. The second-order valence-corrected chi connectivity index (χ2v) is 6.74. The fourth-order valence-electron chi connectivity index (χ4n) is 1.51. The Kier molecular flexibility index (Phi) is 4.55. The Morgan fingerprint density at radius 1 is 1.37 bits per heavy atom. The van der Waals surface area contributed by atoms with Crippen molar-refractivity contribution in [2.24, 2.45) is 0 Å². The second-order valence-electron chi connectivity index (χ2n) is 4.19. The van der Waals surface area contributed by atoms with Gasteiger partial charge in [0.05, 0.1) is 15.9 Å². The highest BCUT2D eigenvalue weighted by atomic mass is 79.9. The van der Waals surface area contributed by atoms with Crippen LogP contribution in [-0.4, -0.2) is 29.9 Å². The minimum atomic E-state index is -0.0405. The zero-order valence-electron chi connectivity index (χ0n) is 10.7. The Balaban J connectivity index is 1.97. The highest BCUT2D eigenvalue weighted by Crippen LogP contribution is 2.22. The van der Waals surface area contributed by atoms with Crippen molar-refractivity contribution in [1.82, 2.24) is 9.88 Å². The van der Waals surface area contributed by atoms with Gasteiger partial charge in [-0.1, -0.05) is 0 Å². The number of rotatable bonds is 4. The van der Waals surface area contributed by atoms with Crippen molar-refractivity contribution in [1.29, 1.82) is 0 Å². The van der Waals surface area contributed by atoms with E-state index in [9.17, 15) is 4.79 Å². The van der Waals surface area contributed by atoms with E-state index in [1.807, 2.05) is 12.1 Å². The normalized spacial score (nSPS) is 10.3. The zero-order chi connectivity index (χ0) is 13.8. The van der Waals surface area contributed by atoms with Crippen LogP contribution < -0.4 is 5.32 Å². The summed E-state index contributed by atoms with van der Waals surface area (Å²) in [4.78, 5) is 18.7. The number of hydrogen-bond acceptors (Lipinski definition) is 4. The molecule has 0 aliphatic carbocycles. The van der Waals surface area contributed by atoms with Crippen LogP contribution in [0.15, 0.2) is 34.2 Å². The van der Waals surface area contributed by atoms with E-state index in [0.29, 0.717) is 5.56 Å². The van der Waals surface area contributed by atoms with Gasteiger partial charge in [-0.2, -0.15) is 0 Å². The maximum atomic E-state index is 11.7. The van der Waals surface area contributed by atoms with Gasteiger partial charge in [0.25, 0.3) is 5.91 Å². The summed E-state index contributed by atoms with van der Waals surface area (Å²) in [7, 11) is 3.45. The molecule has 0 fully saturated rings. The molecule has 0 aliphatic rings. The summed E-state index contributed by atoms with van der Waals surface area (Å²) in [5.41, 5.74) is 0.592. The summed E-state index contributed by atoms with van der Waals surface area (Å²) in [6.45, 7) is 0.726. The van der Waals surface area contributed by atoms with Gasteiger partial charge in [-0.25, -0.2) is 4.98 Å². The standard InChI is InChI=1S/C13H14BrN3OS/c1-17(2)13(18)9-3-6-12(15-7-9)16-8-10-4-5-11(14)19-10/h3-7H,8H2,1-2H3,(H,15,16). The number of pyridine rings is 1. The van der Waals surface area contributed by atoms with Crippen molar-refractivity contribution < 1.29 is 4.79 Å². The summed E-state index contributed by atoms with van der Waals surface area (Å²) in [6.07, 6.45) is 1.59. The molecule has 2 rings (SSSR count). The molecule has 0 radical (unpaired) electrons. The first-order chi connectivity index (χ1) is 9.06. The summed E-state index contributed by atoms with van der Waals surface area (Å²) in [5, 5.41) is 3.22. The molecule has 0 aromatic carbocycles. The lowest BCUT2D eigenvalue weighted by atomic mass is 10.2. The Bertz CT molecular complexity index is 566. The quantitative estimate of drug-likeness (QED) is 0.930. The van der Waals surface area contributed by atoms with Crippen LogP contribution in [0.3, 0.4) is 0 Å². The Morgan fingerprint density at radius 2 is 2.16 bits per heavy atom. The largest absolute Gasteiger partial charge is 0.365 e. The molecule has 4 nitrogen and oxygen atoms in total. The SMILES string of the molecule is CN(C)C(=O)c1ccc(NCc2ccc(Br)s2)nc1. The van der Waals surface area contributed by atoms with Crippen molar-refractivity contribution in [3.63, 3.8) is 0 Å². The molecule has 100 valence electrons. The minimum Gasteiger partial charge on any atom is -0.365 e. The predicted molar refractivity (Wildman–Crippen MR) is 81.6 cm³/mol.